The fourth-order valence-electron chi connectivity index (χ4n) is 1.58. The van der Waals surface area contributed by atoms with Gasteiger partial charge in [0.1, 0.15) is 11.9 Å². The van der Waals surface area contributed by atoms with E-state index in [0.29, 0.717) is 6.42 Å². The number of urea groups is 1. The Kier molecular flexibility index (Phi) is 5.76. The number of carbonyl (C=O) groups is 2. The smallest absolute Gasteiger partial charge is 0.326 e. The van der Waals surface area contributed by atoms with Gasteiger partial charge in [-0.1, -0.05) is 31.9 Å². The number of nitrogens with one attached hydrogen (secondary N) is 2. The summed E-state index contributed by atoms with van der Waals surface area (Å²) in [4.78, 5) is 22.8. The van der Waals surface area contributed by atoms with Gasteiger partial charge in [-0.15, -0.1) is 0 Å². The number of halogens is 2. The molecule has 0 spiro atoms. The van der Waals surface area contributed by atoms with E-state index in [0.717, 1.165) is 12.1 Å². The maximum Gasteiger partial charge on any atom is 0.326 e. The number of hydrogen-bond donors (Lipinski definition) is 3. The standard InChI is InChI=1S/C13H16ClFN2O3/c1-3-7(2)11(12(18)19)17-13(20)16-10-6-8(15)4-5-9(10)14/h4-7,11H,3H2,1-2H3,(H,18,19)(H2,16,17,20)/t7-,11-/m0/s1. The molecule has 0 aliphatic rings. The van der Waals surface area contributed by atoms with Crippen LogP contribution in [-0.4, -0.2) is 23.1 Å². The summed E-state index contributed by atoms with van der Waals surface area (Å²) in [7, 11) is 0. The van der Waals surface area contributed by atoms with E-state index in [4.69, 9.17) is 16.7 Å². The molecule has 0 heterocycles. The number of carboxylic acids is 1. The average molecular weight is 303 g/mol. The highest BCUT2D eigenvalue weighted by Crippen LogP contribution is 2.22. The van der Waals surface area contributed by atoms with Gasteiger partial charge < -0.3 is 15.7 Å². The lowest BCUT2D eigenvalue weighted by Gasteiger charge is -2.20. The first kappa shape index (κ1) is 16.2. The van der Waals surface area contributed by atoms with Crippen LogP contribution in [0, 0.1) is 11.7 Å². The largest absolute Gasteiger partial charge is 0.480 e. The summed E-state index contributed by atoms with van der Waals surface area (Å²) in [6.07, 6.45) is 0.595. The molecule has 1 aromatic carbocycles. The van der Waals surface area contributed by atoms with Crippen molar-refractivity contribution >= 4 is 29.3 Å². The van der Waals surface area contributed by atoms with Crippen LogP contribution in [0.2, 0.25) is 5.02 Å². The first-order valence-corrected chi connectivity index (χ1v) is 6.48. The van der Waals surface area contributed by atoms with Gasteiger partial charge in [0.25, 0.3) is 0 Å². The van der Waals surface area contributed by atoms with Crippen LogP contribution < -0.4 is 10.6 Å². The third-order valence-corrected chi connectivity index (χ3v) is 3.27. The number of benzene rings is 1. The summed E-state index contributed by atoms with van der Waals surface area (Å²) in [5.41, 5.74) is 0.0810. The Morgan fingerprint density at radius 2 is 2.10 bits per heavy atom. The van der Waals surface area contributed by atoms with E-state index in [1.165, 1.54) is 6.07 Å². The van der Waals surface area contributed by atoms with Crippen molar-refractivity contribution in [2.75, 3.05) is 5.32 Å². The number of hydrogen-bond acceptors (Lipinski definition) is 2. The highest BCUT2D eigenvalue weighted by atomic mass is 35.5. The van der Waals surface area contributed by atoms with Crippen molar-refractivity contribution in [2.45, 2.75) is 26.3 Å². The highest BCUT2D eigenvalue weighted by molar-refractivity contribution is 6.33. The van der Waals surface area contributed by atoms with Crippen LogP contribution in [0.4, 0.5) is 14.9 Å². The quantitative estimate of drug-likeness (QED) is 0.782. The Bertz CT molecular complexity index is 510. The zero-order chi connectivity index (χ0) is 15.3. The van der Waals surface area contributed by atoms with Gasteiger partial charge in [-0.3, -0.25) is 0 Å². The van der Waals surface area contributed by atoms with E-state index in [1.807, 2.05) is 6.92 Å². The Morgan fingerprint density at radius 1 is 1.45 bits per heavy atom. The van der Waals surface area contributed by atoms with Crippen LogP contribution in [0.25, 0.3) is 0 Å². The van der Waals surface area contributed by atoms with E-state index in [9.17, 15) is 14.0 Å². The molecule has 0 saturated carbocycles. The first-order valence-electron chi connectivity index (χ1n) is 6.10. The predicted octanol–water partition coefficient (Wildman–Crippen LogP) is 3.10. The van der Waals surface area contributed by atoms with Gasteiger partial charge in [0.2, 0.25) is 0 Å². The number of rotatable bonds is 5. The lowest BCUT2D eigenvalue weighted by atomic mass is 9.99. The molecule has 0 radical (unpaired) electrons. The first-order chi connectivity index (χ1) is 9.35. The molecule has 0 aliphatic carbocycles. The fraction of sp³-hybridized carbons (Fsp3) is 0.385. The van der Waals surface area contributed by atoms with Crippen LogP contribution >= 0.6 is 11.6 Å². The Balaban J connectivity index is 2.75. The van der Waals surface area contributed by atoms with Crippen LogP contribution in [0.1, 0.15) is 20.3 Å². The second-order valence-corrected chi connectivity index (χ2v) is 4.83. The van der Waals surface area contributed by atoms with E-state index in [2.05, 4.69) is 10.6 Å². The Morgan fingerprint density at radius 3 is 2.65 bits per heavy atom. The number of anilines is 1. The summed E-state index contributed by atoms with van der Waals surface area (Å²) in [5.74, 6) is -1.91. The molecule has 2 amide bonds. The van der Waals surface area contributed by atoms with Gasteiger partial charge in [0, 0.05) is 0 Å². The maximum atomic E-state index is 13.0. The number of aliphatic carboxylic acids is 1. The maximum absolute atomic E-state index is 13.0. The summed E-state index contributed by atoms with van der Waals surface area (Å²) in [5, 5.41) is 13.9. The van der Waals surface area contributed by atoms with Gasteiger partial charge in [-0.25, -0.2) is 14.0 Å². The third-order valence-electron chi connectivity index (χ3n) is 2.94. The minimum absolute atomic E-state index is 0.0810. The van der Waals surface area contributed by atoms with Gasteiger partial charge in [-0.05, 0) is 24.1 Å². The minimum Gasteiger partial charge on any atom is -0.480 e. The van der Waals surface area contributed by atoms with Gasteiger partial charge >= 0.3 is 12.0 Å². The lowest BCUT2D eigenvalue weighted by Crippen LogP contribution is -2.46. The van der Waals surface area contributed by atoms with E-state index in [-0.39, 0.29) is 16.6 Å². The topological polar surface area (TPSA) is 78.4 Å². The van der Waals surface area contributed by atoms with Crippen LogP contribution in [0.3, 0.4) is 0 Å². The highest BCUT2D eigenvalue weighted by Gasteiger charge is 2.25. The molecular formula is C13H16ClFN2O3. The normalized spacial score (nSPS) is 13.4. The SMILES string of the molecule is CC[C@H](C)[C@H](NC(=O)Nc1cc(F)ccc1Cl)C(=O)O. The lowest BCUT2D eigenvalue weighted by molar-refractivity contribution is -0.140. The van der Waals surface area contributed by atoms with Crippen molar-refractivity contribution < 1.29 is 19.1 Å². The van der Waals surface area contributed by atoms with E-state index >= 15 is 0 Å². The van der Waals surface area contributed by atoms with E-state index in [1.54, 1.807) is 6.92 Å². The molecule has 0 aromatic heterocycles. The fourth-order valence-corrected chi connectivity index (χ4v) is 1.74. The molecule has 1 rings (SSSR count). The zero-order valence-corrected chi connectivity index (χ0v) is 11.9. The van der Waals surface area contributed by atoms with Crippen LogP contribution in [0.5, 0.6) is 0 Å². The molecule has 0 bridgehead atoms. The molecule has 110 valence electrons. The number of carboxylic acid groups (broad SMARTS) is 1. The molecule has 0 saturated heterocycles. The number of amides is 2. The predicted molar refractivity (Wildman–Crippen MR) is 74.4 cm³/mol. The second-order valence-electron chi connectivity index (χ2n) is 4.42. The van der Waals surface area contributed by atoms with Crippen molar-refractivity contribution in [2.24, 2.45) is 5.92 Å². The molecule has 2 atom stereocenters. The summed E-state index contributed by atoms with van der Waals surface area (Å²) < 4.78 is 13.0. The summed E-state index contributed by atoms with van der Waals surface area (Å²) in [6, 6.07) is 1.75. The van der Waals surface area contributed by atoms with Gasteiger partial charge in [0.15, 0.2) is 0 Å². The van der Waals surface area contributed by atoms with Crippen molar-refractivity contribution in [3.63, 3.8) is 0 Å². The van der Waals surface area contributed by atoms with Crippen LogP contribution in [0.15, 0.2) is 18.2 Å². The Hall–Kier alpha value is -1.82. The molecule has 5 nitrogen and oxygen atoms in total. The zero-order valence-electron chi connectivity index (χ0n) is 11.1. The van der Waals surface area contributed by atoms with Gasteiger partial charge in [-0.2, -0.15) is 0 Å². The molecule has 7 heteroatoms. The van der Waals surface area contributed by atoms with Crippen LogP contribution in [-0.2, 0) is 4.79 Å². The number of carbonyl (C=O) groups excluding carboxylic acids is 1. The van der Waals surface area contributed by atoms with Gasteiger partial charge in [0.05, 0.1) is 10.7 Å². The second kappa shape index (κ2) is 7.09. The molecule has 0 unspecified atom stereocenters. The Labute approximate surface area is 121 Å². The summed E-state index contributed by atoms with van der Waals surface area (Å²) in [6.45, 7) is 3.54. The average Bonchev–Trinajstić information content (AvgIpc) is 2.39. The minimum atomic E-state index is -1.13. The monoisotopic (exact) mass is 302 g/mol. The molecule has 0 fully saturated rings. The molecular weight excluding hydrogens is 287 g/mol. The molecule has 0 aliphatic heterocycles. The molecule has 1 aromatic rings. The molecule has 3 N–H and O–H groups in total. The summed E-state index contributed by atoms with van der Waals surface area (Å²) >= 11 is 5.80. The van der Waals surface area contributed by atoms with Crippen molar-refractivity contribution in [1.82, 2.24) is 5.32 Å². The van der Waals surface area contributed by atoms with E-state index < -0.39 is 23.9 Å². The van der Waals surface area contributed by atoms with Crippen molar-refractivity contribution in [1.29, 1.82) is 0 Å². The van der Waals surface area contributed by atoms with Crippen molar-refractivity contribution in [3.05, 3.63) is 29.0 Å². The molecule has 20 heavy (non-hydrogen) atoms. The van der Waals surface area contributed by atoms with Crippen molar-refractivity contribution in [3.8, 4) is 0 Å². The third kappa shape index (κ3) is 4.38.